The van der Waals surface area contributed by atoms with Crippen molar-refractivity contribution in [2.24, 2.45) is 0 Å². The van der Waals surface area contributed by atoms with Gasteiger partial charge in [-0.05, 0) is 47.6 Å². The first kappa shape index (κ1) is 17.4. The van der Waals surface area contributed by atoms with E-state index in [1.807, 2.05) is 0 Å². The Labute approximate surface area is 152 Å². The van der Waals surface area contributed by atoms with Gasteiger partial charge < -0.3 is 4.74 Å². The van der Waals surface area contributed by atoms with Crippen LogP contribution in [0.1, 0.15) is 21.6 Å². The highest BCUT2D eigenvalue weighted by molar-refractivity contribution is 7.17. The molecule has 0 saturated carbocycles. The zero-order chi connectivity index (χ0) is 18.7. The number of hydrogen-bond acceptors (Lipinski definition) is 7. The van der Waals surface area contributed by atoms with Gasteiger partial charge in [0.1, 0.15) is 11.9 Å². The molecule has 1 N–H and O–H groups in total. The summed E-state index contributed by atoms with van der Waals surface area (Å²) in [6.07, 6.45) is 1.42. The first-order valence-corrected chi connectivity index (χ1v) is 8.19. The number of pyridine rings is 1. The second kappa shape index (κ2) is 7.25. The molecular formula is C17H12FN5O2S. The summed E-state index contributed by atoms with van der Waals surface area (Å²) >= 11 is 1.08. The molecule has 1 amide bonds. The van der Waals surface area contributed by atoms with E-state index in [2.05, 4.69) is 20.5 Å². The van der Waals surface area contributed by atoms with Crippen molar-refractivity contribution < 1.29 is 13.9 Å². The second-order valence-corrected chi connectivity index (χ2v) is 6.15. The number of halogens is 1. The van der Waals surface area contributed by atoms with Gasteiger partial charge in [0.15, 0.2) is 0 Å². The van der Waals surface area contributed by atoms with Gasteiger partial charge in [0.2, 0.25) is 5.13 Å². The maximum atomic E-state index is 13.6. The normalized spacial score (nSPS) is 10.2. The van der Waals surface area contributed by atoms with Crippen LogP contribution in [0.5, 0.6) is 5.19 Å². The molecule has 26 heavy (non-hydrogen) atoms. The van der Waals surface area contributed by atoms with Crippen molar-refractivity contribution in [1.82, 2.24) is 15.2 Å². The Morgan fingerprint density at radius 1 is 1.35 bits per heavy atom. The number of rotatable bonds is 4. The average molecular weight is 369 g/mol. The Kier molecular flexibility index (Phi) is 4.86. The lowest BCUT2D eigenvalue weighted by Crippen LogP contribution is -2.14. The molecule has 0 unspecified atom stereocenters. The number of nitriles is 1. The summed E-state index contributed by atoms with van der Waals surface area (Å²) in [7, 11) is 1.45. The number of aryl methyl sites for hydroxylation is 1. The molecule has 130 valence electrons. The van der Waals surface area contributed by atoms with Gasteiger partial charge in [-0.25, -0.2) is 4.39 Å². The van der Waals surface area contributed by atoms with Crippen molar-refractivity contribution in [2.75, 3.05) is 12.4 Å². The first-order valence-electron chi connectivity index (χ1n) is 7.37. The van der Waals surface area contributed by atoms with E-state index in [1.165, 1.54) is 31.5 Å². The minimum absolute atomic E-state index is 0.0998. The summed E-state index contributed by atoms with van der Waals surface area (Å²) < 4.78 is 18.6. The van der Waals surface area contributed by atoms with Crippen molar-refractivity contribution in [1.29, 1.82) is 5.26 Å². The summed E-state index contributed by atoms with van der Waals surface area (Å²) in [6.45, 7) is 1.77. The number of methoxy groups -OCH3 is 1. The molecule has 0 aliphatic carbocycles. The number of amides is 1. The van der Waals surface area contributed by atoms with E-state index in [9.17, 15) is 9.18 Å². The van der Waals surface area contributed by atoms with Crippen molar-refractivity contribution >= 4 is 22.4 Å². The van der Waals surface area contributed by atoms with E-state index in [-0.39, 0.29) is 16.3 Å². The molecule has 0 atom stereocenters. The summed E-state index contributed by atoms with van der Waals surface area (Å²) in [5.41, 5.74) is 1.91. The van der Waals surface area contributed by atoms with Crippen LogP contribution in [0.4, 0.5) is 9.52 Å². The van der Waals surface area contributed by atoms with Crippen LogP contribution >= 0.6 is 11.3 Å². The molecule has 2 aromatic heterocycles. The van der Waals surface area contributed by atoms with E-state index >= 15 is 0 Å². The highest BCUT2D eigenvalue weighted by atomic mass is 32.1. The molecule has 2 heterocycles. The second-order valence-electron chi connectivity index (χ2n) is 5.21. The number of carbonyl (C=O) groups excluding carboxylic acids is 1. The van der Waals surface area contributed by atoms with Crippen molar-refractivity contribution in [3.63, 3.8) is 0 Å². The van der Waals surface area contributed by atoms with Gasteiger partial charge in [0.25, 0.3) is 11.1 Å². The third-order valence-corrected chi connectivity index (χ3v) is 4.28. The predicted molar refractivity (Wildman–Crippen MR) is 93.5 cm³/mol. The van der Waals surface area contributed by atoms with Crippen LogP contribution in [-0.4, -0.2) is 28.2 Å². The van der Waals surface area contributed by atoms with Crippen molar-refractivity contribution in [3.05, 3.63) is 53.1 Å². The van der Waals surface area contributed by atoms with Gasteiger partial charge in [-0.1, -0.05) is 11.2 Å². The zero-order valence-electron chi connectivity index (χ0n) is 13.8. The summed E-state index contributed by atoms with van der Waals surface area (Å²) in [5.74, 6) is -1.07. The molecule has 0 spiro atoms. The number of anilines is 1. The summed E-state index contributed by atoms with van der Waals surface area (Å²) in [6, 6.07) is 7.60. The lowest BCUT2D eigenvalue weighted by atomic mass is 9.98. The highest BCUT2D eigenvalue weighted by Gasteiger charge is 2.17. The Morgan fingerprint density at radius 2 is 2.15 bits per heavy atom. The fourth-order valence-corrected chi connectivity index (χ4v) is 2.82. The number of ether oxygens (including phenoxy) is 1. The number of nitrogens with zero attached hydrogens (tertiary/aromatic N) is 4. The Morgan fingerprint density at radius 3 is 2.85 bits per heavy atom. The van der Waals surface area contributed by atoms with E-state index in [0.717, 1.165) is 11.3 Å². The quantitative estimate of drug-likeness (QED) is 0.758. The van der Waals surface area contributed by atoms with Crippen molar-refractivity contribution in [3.8, 4) is 22.4 Å². The maximum Gasteiger partial charge on any atom is 0.295 e. The molecule has 0 fully saturated rings. The van der Waals surface area contributed by atoms with Crippen LogP contribution in [0.15, 0.2) is 30.5 Å². The number of hydrogen-bond donors (Lipinski definition) is 1. The van der Waals surface area contributed by atoms with Crippen molar-refractivity contribution in [2.45, 2.75) is 6.92 Å². The Bertz CT molecular complexity index is 1030. The molecule has 0 radical (unpaired) electrons. The monoisotopic (exact) mass is 369 g/mol. The molecule has 9 heteroatoms. The van der Waals surface area contributed by atoms with Gasteiger partial charge >= 0.3 is 0 Å². The third-order valence-electron chi connectivity index (χ3n) is 3.48. The number of nitrogens with one attached hydrogen (secondary N) is 1. The van der Waals surface area contributed by atoms with Crippen LogP contribution in [0, 0.1) is 24.1 Å². The minimum atomic E-state index is -0.617. The predicted octanol–water partition coefficient (Wildman–Crippen LogP) is 3.18. The standard InChI is InChI=1S/C17H12FN5O2S/c1-9-5-12(10-3-4-14(18)11(6-10)7-19)13(8-20-9)15(24)21-16-22-23-17(25-2)26-16/h3-6,8H,1-2H3,(H,21,22,24). The fraction of sp³-hybridized carbons (Fsp3) is 0.118. The van der Waals surface area contributed by atoms with Gasteiger partial charge in [-0.15, -0.1) is 5.10 Å². The van der Waals surface area contributed by atoms with Crippen LogP contribution in [-0.2, 0) is 0 Å². The van der Waals surface area contributed by atoms with Gasteiger partial charge in [0, 0.05) is 11.9 Å². The smallest absolute Gasteiger partial charge is 0.295 e. The Balaban J connectivity index is 2.00. The van der Waals surface area contributed by atoms with Gasteiger partial charge in [0.05, 0.1) is 18.2 Å². The Hall–Kier alpha value is -3.38. The lowest BCUT2D eigenvalue weighted by molar-refractivity contribution is 0.102. The average Bonchev–Trinajstić information content (AvgIpc) is 3.09. The van der Waals surface area contributed by atoms with E-state index < -0.39 is 11.7 Å². The molecule has 0 aliphatic rings. The molecule has 7 nitrogen and oxygen atoms in total. The number of aromatic nitrogens is 3. The topological polar surface area (TPSA) is 101 Å². The summed E-state index contributed by atoms with van der Waals surface area (Å²) in [4.78, 5) is 16.8. The number of benzene rings is 1. The molecule has 3 rings (SSSR count). The third kappa shape index (κ3) is 3.50. The van der Waals surface area contributed by atoms with Gasteiger partial charge in [-0.2, -0.15) is 5.26 Å². The maximum absolute atomic E-state index is 13.6. The largest absolute Gasteiger partial charge is 0.472 e. The molecule has 0 bridgehead atoms. The molecule has 0 saturated heterocycles. The molecule has 3 aromatic rings. The zero-order valence-corrected chi connectivity index (χ0v) is 14.6. The first-order chi connectivity index (χ1) is 12.5. The minimum Gasteiger partial charge on any atom is -0.472 e. The van der Waals surface area contributed by atoms with Crippen LogP contribution in [0.25, 0.3) is 11.1 Å². The van der Waals surface area contributed by atoms with E-state index in [1.54, 1.807) is 19.1 Å². The summed E-state index contributed by atoms with van der Waals surface area (Å²) in [5, 5.41) is 19.8. The molecule has 1 aromatic carbocycles. The highest BCUT2D eigenvalue weighted by Crippen LogP contribution is 2.28. The van der Waals surface area contributed by atoms with Crippen LogP contribution in [0.3, 0.4) is 0 Å². The fourth-order valence-electron chi connectivity index (χ4n) is 2.27. The van der Waals surface area contributed by atoms with E-state index in [0.29, 0.717) is 22.0 Å². The molecule has 0 aliphatic heterocycles. The lowest BCUT2D eigenvalue weighted by Gasteiger charge is -2.10. The SMILES string of the molecule is COc1nnc(NC(=O)c2cnc(C)cc2-c2ccc(F)c(C#N)c2)s1. The van der Waals surface area contributed by atoms with Gasteiger partial charge in [-0.3, -0.25) is 15.1 Å². The van der Waals surface area contributed by atoms with E-state index in [4.69, 9.17) is 10.00 Å². The van der Waals surface area contributed by atoms with Crippen LogP contribution < -0.4 is 10.1 Å². The van der Waals surface area contributed by atoms with Crippen LogP contribution in [0.2, 0.25) is 0 Å². The number of carbonyl (C=O) groups is 1. The molecular weight excluding hydrogens is 357 g/mol.